The average molecular weight is 817 g/mol. The summed E-state index contributed by atoms with van der Waals surface area (Å²) < 4.78 is 4.70. The van der Waals surface area contributed by atoms with E-state index in [1.54, 1.807) is 0 Å². The summed E-state index contributed by atoms with van der Waals surface area (Å²) in [6, 6.07) is 75.9. The standard InChI is InChI=1S/C58H36N6/c1-59-44-21-15-20-40(34-44)42-28-32-49-47-25-12-14-27-52(47)64(55(49)37-42)53-33-30-41(43-29-31-48-46-24-11-13-26-51(46)63(54(48)36-43)45-22-9-4-10-23-45)35-50(53)58-61-56(38-16-5-2-6-17-38)60-57(62-58)39-18-7-3-8-19-39/h2-37H. The molecule has 9 aromatic carbocycles. The van der Waals surface area contributed by atoms with E-state index in [4.69, 9.17) is 21.5 Å². The fourth-order valence-electron chi connectivity index (χ4n) is 9.19. The Bertz CT molecular complexity index is 3730. The van der Waals surface area contributed by atoms with Gasteiger partial charge in [0.15, 0.2) is 23.2 Å². The number of fused-ring (bicyclic) bond motifs is 6. The topological polar surface area (TPSA) is 52.9 Å². The Kier molecular flexibility index (Phi) is 8.77. The monoisotopic (exact) mass is 816 g/mol. The highest BCUT2D eigenvalue weighted by Crippen LogP contribution is 2.41. The maximum Gasteiger partial charge on any atom is 0.187 e. The second-order valence-corrected chi connectivity index (χ2v) is 15.9. The van der Waals surface area contributed by atoms with Crippen molar-refractivity contribution in [2.45, 2.75) is 0 Å². The van der Waals surface area contributed by atoms with Gasteiger partial charge in [-0.1, -0.05) is 164 Å². The van der Waals surface area contributed by atoms with E-state index < -0.39 is 0 Å². The van der Waals surface area contributed by atoms with E-state index in [9.17, 15) is 0 Å². The first-order valence-electron chi connectivity index (χ1n) is 21.3. The first-order valence-corrected chi connectivity index (χ1v) is 21.3. The molecule has 0 bridgehead atoms. The van der Waals surface area contributed by atoms with Gasteiger partial charge in [0.25, 0.3) is 0 Å². The molecule has 0 saturated carbocycles. The molecule has 0 aliphatic rings. The van der Waals surface area contributed by atoms with Crippen LogP contribution in [0.5, 0.6) is 0 Å². The predicted octanol–water partition coefficient (Wildman–Crippen LogP) is 15.0. The summed E-state index contributed by atoms with van der Waals surface area (Å²) in [6.45, 7) is 7.70. The maximum absolute atomic E-state index is 7.70. The summed E-state index contributed by atoms with van der Waals surface area (Å²) in [5, 5.41) is 4.67. The highest BCUT2D eigenvalue weighted by molar-refractivity contribution is 6.12. The molecule has 3 heterocycles. The zero-order valence-corrected chi connectivity index (χ0v) is 34.5. The van der Waals surface area contributed by atoms with Crippen LogP contribution in [0, 0.1) is 6.57 Å². The molecule has 0 N–H and O–H groups in total. The third-order valence-electron chi connectivity index (χ3n) is 12.2. The maximum atomic E-state index is 7.70. The third kappa shape index (κ3) is 6.22. The first-order chi connectivity index (χ1) is 31.7. The molecular formula is C58H36N6. The molecular weight excluding hydrogens is 781 g/mol. The van der Waals surface area contributed by atoms with Crippen molar-refractivity contribution in [2.75, 3.05) is 0 Å². The van der Waals surface area contributed by atoms with Gasteiger partial charge in [0.1, 0.15) is 0 Å². The second kappa shape index (κ2) is 15.2. The largest absolute Gasteiger partial charge is 0.309 e. The number of aromatic nitrogens is 5. The number of benzene rings is 9. The lowest BCUT2D eigenvalue weighted by atomic mass is 9.99. The van der Waals surface area contributed by atoms with Crippen LogP contribution in [0.25, 0.3) is 116 Å². The lowest BCUT2D eigenvalue weighted by Gasteiger charge is -2.17. The molecule has 0 unspecified atom stereocenters. The van der Waals surface area contributed by atoms with Crippen molar-refractivity contribution in [2.24, 2.45) is 0 Å². The van der Waals surface area contributed by atoms with Gasteiger partial charge in [-0.15, -0.1) is 0 Å². The van der Waals surface area contributed by atoms with E-state index in [0.717, 1.165) is 83.2 Å². The molecule has 0 amide bonds. The van der Waals surface area contributed by atoms with Crippen LogP contribution in [-0.2, 0) is 0 Å². The Balaban J connectivity index is 1.15. The predicted molar refractivity (Wildman–Crippen MR) is 262 cm³/mol. The minimum atomic E-state index is 0.566. The second-order valence-electron chi connectivity index (χ2n) is 15.9. The molecule has 0 spiro atoms. The third-order valence-corrected chi connectivity index (χ3v) is 12.2. The van der Waals surface area contributed by atoms with E-state index >= 15 is 0 Å². The van der Waals surface area contributed by atoms with E-state index in [1.807, 2.05) is 78.9 Å². The molecule has 298 valence electrons. The normalized spacial score (nSPS) is 11.4. The van der Waals surface area contributed by atoms with Crippen LogP contribution in [0.15, 0.2) is 218 Å². The summed E-state index contributed by atoms with van der Waals surface area (Å²) in [5.74, 6) is 1.76. The average Bonchev–Trinajstić information content (AvgIpc) is 3.89. The summed E-state index contributed by atoms with van der Waals surface area (Å²) in [4.78, 5) is 19.4. The van der Waals surface area contributed by atoms with Gasteiger partial charge >= 0.3 is 0 Å². The molecule has 6 nitrogen and oxygen atoms in total. The first kappa shape index (κ1) is 36.9. The van der Waals surface area contributed by atoms with Crippen molar-refractivity contribution in [1.29, 1.82) is 0 Å². The lowest BCUT2D eigenvalue weighted by molar-refractivity contribution is 1.06. The van der Waals surface area contributed by atoms with Gasteiger partial charge in [-0.25, -0.2) is 19.8 Å². The molecule has 0 saturated heterocycles. The summed E-state index contributed by atoms with van der Waals surface area (Å²) >= 11 is 0. The van der Waals surface area contributed by atoms with Crippen molar-refractivity contribution < 1.29 is 0 Å². The summed E-state index contributed by atoms with van der Waals surface area (Å²) in [7, 11) is 0. The van der Waals surface area contributed by atoms with Crippen LogP contribution < -0.4 is 0 Å². The summed E-state index contributed by atoms with van der Waals surface area (Å²) in [5.41, 5.74) is 13.8. The number of hydrogen-bond donors (Lipinski definition) is 0. The van der Waals surface area contributed by atoms with Crippen molar-refractivity contribution in [3.63, 3.8) is 0 Å². The smallest absolute Gasteiger partial charge is 0.187 e. The Hall–Kier alpha value is -8.92. The van der Waals surface area contributed by atoms with Crippen molar-refractivity contribution in [3.05, 3.63) is 230 Å². The van der Waals surface area contributed by atoms with Gasteiger partial charge in [0, 0.05) is 43.9 Å². The SMILES string of the molecule is [C-]#[N+]c1cccc(-c2ccc3c4ccccc4n(-c4ccc(-c5ccc6c7ccccc7n(-c7ccccc7)c6c5)cc4-c4nc(-c5ccccc5)nc(-c5ccccc5)n4)c3c2)c1. The fourth-order valence-corrected chi connectivity index (χ4v) is 9.19. The number of nitrogens with zero attached hydrogens (tertiary/aromatic N) is 6. The van der Waals surface area contributed by atoms with E-state index in [0.29, 0.717) is 23.2 Å². The van der Waals surface area contributed by atoms with Gasteiger partial charge in [0.2, 0.25) is 0 Å². The van der Waals surface area contributed by atoms with E-state index in [2.05, 4.69) is 154 Å². The molecule has 3 aromatic heterocycles. The lowest BCUT2D eigenvalue weighted by Crippen LogP contribution is -2.04. The van der Waals surface area contributed by atoms with Crippen LogP contribution in [0.4, 0.5) is 5.69 Å². The Morgan fingerprint density at radius 1 is 0.328 bits per heavy atom. The minimum absolute atomic E-state index is 0.566. The molecule has 0 atom stereocenters. The Labute approximate surface area is 369 Å². The zero-order chi connectivity index (χ0) is 42.6. The zero-order valence-electron chi connectivity index (χ0n) is 34.5. The van der Waals surface area contributed by atoms with Gasteiger partial charge in [-0.2, -0.15) is 0 Å². The fraction of sp³-hybridized carbons (Fsp3) is 0. The molecule has 6 heteroatoms. The minimum Gasteiger partial charge on any atom is -0.309 e. The molecule has 0 aliphatic carbocycles. The van der Waals surface area contributed by atoms with Crippen LogP contribution in [-0.4, -0.2) is 24.1 Å². The van der Waals surface area contributed by atoms with Crippen LogP contribution in [0.3, 0.4) is 0 Å². The molecule has 64 heavy (non-hydrogen) atoms. The highest BCUT2D eigenvalue weighted by atomic mass is 15.1. The van der Waals surface area contributed by atoms with Gasteiger partial charge in [-0.3, -0.25) is 0 Å². The van der Waals surface area contributed by atoms with E-state index in [-0.39, 0.29) is 0 Å². The van der Waals surface area contributed by atoms with Crippen LogP contribution in [0.1, 0.15) is 0 Å². The quantitative estimate of drug-likeness (QED) is 0.151. The van der Waals surface area contributed by atoms with Gasteiger partial charge in [0.05, 0.1) is 34.3 Å². The molecule has 0 aliphatic heterocycles. The Morgan fingerprint density at radius 2 is 0.781 bits per heavy atom. The number of para-hydroxylation sites is 3. The van der Waals surface area contributed by atoms with E-state index in [1.165, 1.54) is 10.8 Å². The van der Waals surface area contributed by atoms with Crippen molar-refractivity contribution in [1.82, 2.24) is 24.1 Å². The molecule has 12 rings (SSSR count). The van der Waals surface area contributed by atoms with Crippen molar-refractivity contribution >= 4 is 49.3 Å². The Morgan fingerprint density at radius 3 is 1.39 bits per heavy atom. The molecule has 12 aromatic rings. The molecule has 0 radical (unpaired) electrons. The van der Waals surface area contributed by atoms with Crippen LogP contribution in [0.2, 0.25) is 0 Å². The number of hydrogen-bond acceptors (Lipinski definition) is 3. The van der Waals surface area contributed by atoms with Crippen molar-refractivity contribution in [3.8, 4) is 67.8 Å². The highest BCUT2D eigenvalue weighted by Gasteiger charge is 2.22. The van der Waals surface area contributed by atoms with Crippen LogP contribution >= 0.6 is 0 Å². The number of rotatable bonds is 7. The van der Waals surface area contributed by atoms with Gasteiger partial charge < -0.3 is 9.13 Å². The van der Waals surface area contributed by atoms with Gasteiger partial charge in [-0.05, 0) is 76.9 Å². The summed E-state index contributed by atoms with van der Waals surface area (Å²) in [6.07, 6.45) is 0. The molecule has 0 fully saturated rings.